The van der Waals surface area contributed by atoms with Crippen molar-refractivity contribution in [2.75, 3.05) is 13.2 Å². The van der Waals surface area contributed by atoms with Crippen molar-refractivity contribution in [1.82, 2.24) is 4.90 Å². The molecule has 1 aliphatic heterocycles. The van der Waals surface area contributed by atoms with E-state index in [1.165, 1.54) is 11.8 Å². The van der Waals surface area contributed by atoms with E-state index in [9.17, 15) is 19.5 Å². The van der Waals surface area contributed by atoms with Gasteiger partial charge in [0.15, 0.2) is 11.3 Å². The molecule has 1 heterocycles. The highest BCUT2D eigenvalue weighted by Gasteiger charge is 2.61. The molecule has 3 N–H and O–H groups in total. The number of rotatable bonds is 10. The Bertz CT molecular complexity index is 751. The first-order chi connectivity index (χ1) is 14.1. The predicted molar refractivity (Wildman–Crippen MR) is 111 cm³/mol. The van der Waals surface area contributed by atoms with Crippen molar-refractivity contribution < 1.29 is 29.0 Å². The molecule has 0 amide bonds. The number of carboxylic acid groups (broad SMARTS) is 1. The minimum absolute atomic E-state index is 0.0852. The SMILES string of the molecule is CCOC(=O)C(C(C)C)N1C[C@@H](OCc2ccccc2)C[C@@]1(C(=O)O)C(=O)C(C)N. The molecule has 1 saturated heterocycles. The first-order valence-electron chi connectivity index (χ1n) is 10.3. The maximum atomic E-state index is 13.1. The summed E-state index contributed by atoms with van der Waals surface area (Å²) in [4.78, 5) is 39.7. The van der Waals surface area contributed by atoms with Crippen molar-refractivity contribution in [3.63, 3.8) is 0 Å². The standard InChI is InChI=1S/C22H32N2O6/c1-5-29-20(26)18(14(2)3)24-12-17(30-13-16-9-7-6-8-10-16)11-22(24,21(27)28)19(25)15(4)23/h6-10,14-15,17-18H,5,11-13,23H2,1-4H3,(H,27,28)/t15?,17-,18?,22-/m0/s1. The average molecular weight is 421 g/mol. The van der Waals surface area contributed by atoms with Crippen molar-refractivity contribution in [3.05, 3.63) is 35.9 Å². The van der Waals surface area contributed by atoms with Gasteiger partial charge in [-0.05, 0) is 25.3 Å². The highest BCUT2D eigenvalue weighted by Crippen LogP contribution is 2.37. The van der Waals surface area contributed by atoms with Crippen LogP contribution in [-0.4, -0.2) is 64.6 Å². The van der Waals surface area contributed by atoms with E-state index in [-0.39, 0.29) is 32.1 Å². The van der Waals surface area contributed by atoms with Gasteiger partial charge in [-0.15, -0.1) is 0 Å². The number of likely N-dealkylation sites (tertiary alicyclic amines) is 1. The maximum Gasteiger partial charge on any atom is 0.332 e. The van der Waals surface area contributed by atoms with E-state index in [2.05, 4.69) is 0 Å². The zero-order valence-electron chi connectivity index (χ0n) is 18.0. The lowest BCUT2D eigenvalue weighted by atomic mass is 9.84. The number of ketones is 1. The fourth-order valence-corrected chi connectivity index (χ4v) is 4.06. The van der Waals surface area contributed by atoms with Gasteiger partial charge < -0.3 is 20.3 Å². The number of esters is 1. The molecule has 0 bridgehead atoms. The van der Waals surface area contributed by atoms with E-state index in [1.807, 2.05) is 30.3 Å². The molecule has 8 heteroatoms. The molecule has 4 atom stereocenters. The van der Waals surface area contributed by atoms with E-state index in [0.29, 0.717) is 0 Å². The molecule has 166 valence electrons. The fraction of sp³-hybridized carbons (Fsp3) is 0.591. The Morgan fingerprint density at radius 1 is 1.23 bits per heavy atom. The number of ether oxygens (including phenoxy) is 2. The van der Waals surface area contributed by atoms with E-state index in [4.69, 9.17) is 15.2 Å². The van der Waals surface area contributed by atoms with Crippen molar-refractivity contribution in [1.29, 1.82) is 0 Å². The summed E-state index contributed by atoms with van der Waals surface area (Å²) in [5.74, 6) is -2.81. The summed E-state index contributed by atoms with van der Waals surface area (Å²) >= 11 is 0. The van der Waals surface area contributed by atoms with Crippen LogP contribution in [0, 0.1) is 5.92 Å². The molecule has 0 aromatic heterocycles. The molecule has 1 aliphatic rings. The zero-order valence-corrected chi connectivity index (χ0v) is 18.0. The molecule has 0 saturated carbocycles. The van der Waals surface area contributed by atoms with Gasteiger partial charge in [0.1, 0.15) is 6.04 Å². The lowest BCUT2D eigenvalue weighted by Crippen LogP contribution is -2.65. The second-order valence-corrected chi connectivity index (χ2v) is 8.03. The number of Topliss-reactive ketones (excluding diaryl/α,β-unsaturated/α-hetero) is 1. The van der Waals surface area contributed by atoms with Gasteiger partial charge in [0, 0.05) is 13.0 Å². The van der Waals surface area contributed by atoms with Crippen molar-refractivity contribution in [2.24, 2.45) is 11.7 Å². The number of hydrogen-bond acceptors (Lipinski definition) is 7. The fourth-order valence-electron chi connectivity index (χ4n) is 4.06. The summed E-state index contributed by atoms with van der Waals surface area (Å²) in [6, 6.07) is 7.55. The Labute approximate surface area is 177 Å². The molecule has 2 unspecified atom stereocenters. The Morgan fingerprint density at radius 3 is 2.37 bits per heavy atom. The van der Waals surface area contributed by atoms with Crippen LogP contribution in [0.15, 0.2) is 30.3 Å². The van der Waals surface area contributed by atoms with Gasteiger partial charge in [0.2, 0.25) is 0 Å². The van der Waals surface area contributed by atoms with Crippen LogP contribution < -0.4 is 5.73 Å². The molecule has 0 aliphatic carbocycles. The minimum Gasteiger partial charge on any atom is -0.480 e. The van der Waals surface area contributed by atoms with Gasteiger partial charge in [0.05, 0.1) is 25.4 Å². The Morgan fingerprint density at radius 2 is 1.87 bits per heavy atom. The van der Waals surface area contributed by atoms with Crippen LogP contribution in [0.1, 0.15) is 39.7 Å². The third-order valence-corrected chi connectivity index (χ3v) is 5.41. The Hall–Kier alpha value is -2.29. The minimum atomic E-state index is -1.95. The van der Waals surface area contributed by atoms with Crippen LogP contribution in [0.3, 0.4) is 0 Å². The number of nitrogens with two attached hydrogens (primary N) is 1. The lowest BCUT2D eigenvalue weighted by Gasteiger charge is -2.39. The molecule has 0 radical (unpaired) electrons. The molecule has 1 fully saturated rings. The number of carbonyl (C=O) groups excluding carboxylic acids is 2. The van der Waals surface area contributed by atoms with Gasteiger partial charge >= 0.3 is 11.9 Å². The van der Waals surface area contributed by atoms with Crippen molar-refractivity contribution in [2.45, 2.75) is 64.4 Å². The Kier molecular flexibility index (Phi) is 8.11. The molecule has 1 aromatic carbocycles. The van der Waals surface area contributed by atoms with Gasteiger partial charge in [-0.1, -0.05) is 44.2 Å². The van der Waals surface area contributed by atoms with Crippen LogP contribution in [0.5, 0.6) is 0 Å². The summed E-state index contributed by atoms with van der Waals surface area (Å²) in [6.07, 6.45) is -0.641. The number of aliphatic carboxylic acids is 1. The van der Waals surface area contributed by atoms with Gasteiger partial charge in [-0.2, -0.15) is 0 Å². The third-order valence-electron chi connectivity index (χ3n) is 5.41. The summed E-state index contributed by atoms with van der Waals surface area (Å²) in [5.41, 5.74) is 4.81. The highest BCUT2D eigenvalue weighted by molar-refractivity contribution is 6.10. The molecular formula is C22H32N2O6. The van der Waals surface area contributed by atoms with E-state index < -0.39 is 41.4 Å². The molecule has 2 rings (SSSR count). The summed E-state index contributed by atoms with van der Waals surface area (Å²) < 4.78 is 11.2. The van der Waals surface area contributed by atoms with E-state index >= 15 is 0 Å². The molecule has 30 heavy (non-hydrogen) atoms. The van der Waals surface area contributed by atoms with E-state index in [1.54, 1.807) is 20.8 Å². The summed E-state index contributed by atoms with van der Waals surface area (Å²) in [7, 11) is 0. The molecular weight excluding hydrogens is 388 g/mol. The highest BCUT2D eigenvalue weighted by atomic mass is 16.5. The number of hydrogen-bond donors (Lipinski definition) is 2. The second-order valence-electron chi connectivity index (χ2n) is 8.03. The van der Waals surface area contributed by atoms with Gasteiger partial charge in [0.25, 0.3) is 0 Å². The summed E-state index contributed by atoms with van der Waals surface area (Å²) in [5, 5.41) is 10.2. The normalized spacial score (nSPS) is 23.9. The van der Waals surface area contributed by atoms with Crippen LogP contribution in [0.2, 0.25) is 0 Å². The number of carbonyl (C=O) groups is 3. The number of benzene rings is 1. The van der Waals surface area contributed by atoms with Crippen molar-refractivity contribution >= 4 is 17.7 Å². The first-order valence-corrected chi connectivity index (χ1v) is 10.3. The third kappa shape index (κ3) is 4.88. The second kappa shape index (κ2) is 10.1. The quantitative estimate of drug-likeness (QED) is 0.433. The van der Waals surface area contributed by atoms with Gasteiger partial charge in [-0.25, -0.2) is 4.79 Å². The Balaban J connectivity index is 2.41. The molecule has 1 aromatic rings. The topological polar surface area (TPSA) is 119 Å². The average Bonchev–Trinajstić information content (AvgIpc) is 3.06. The maximum absolute atomic E-state index is 13.1. The van der Waals surface area contributed by atoms with Crippen LogP contribution in [0.4, 0.5) is 0 Å². The van der Waals surface area contributed by atoms with Crippen LogP contribution in [0.25, 0.3) is 0 Å². The van der Waals surface area contributed by atoms with Gasteiger partial charge in [-0.3, -0.25) is 14.5 Å². The molecule has 0 spiro atoms. The monoisotopic (exact) mass is 420 g/mol. The number of carboxylic acids is 1. The summed E-state index contributed by atoms with van der Waals surface area (Å²) in [6.45, 7) is 7.27. The smallest absolute Gasteiger partial charge is 0.332 e. The lowest BCUT2D eigenvalue weighted by molar-refractivity contribution is -0.164. The van der Waals surface area contributed by atoms with E-state index in [0.717, 1.165) is 5.56 Å². The first kappa shape index (κ1) is 24.0. The largest absolute Gasteiger partial charge is 0.480 e. The van der Waals surface area contributed by atoms with Crippen LogP contribution >= 0.6 is 0 Å². The van der Waals surface area contributed by atoms with Crippen LogP contribution in [-0.2, 0) is 30.5 Å². The molecule has 8 nitrogen and oxygen atoms in total. The van der Waals surface area contributed by atoms with Crippen molar-refractivity contribution in [3.8, 4) is 0 Å². The number of nitrogens with zero attached hydrogens (tertiary/aromatic N) is 1. The predicted octanol–water partition coefficient (Wildman–Crippen LogP) is 1.60. The zero-order chi connectivity index (χ0) is 22.5.